The van der Waals surface area contributed by atoms with Gasteiger partial charge in [0, 0.05) is 12.1 Å². The number of hydrogen-bond donors (Lipinski definition) is 2. The first kappa shape index (κ1) is 19.4. The Morgan fingerprint density at radius 3 is 2.50 bits per heavy atom. The number of ether oxygens (including phenoxy) is 2. The molecule has 3 aromatic rings. The zero-order chi connectivity index (χ0) is 21.1. The summed E-state index contributed by atoms with van der Waals surface area (Å²) in [4.78, 5) is 25.0. The number of hydrogen-bond acceptors (Lipinski definition) is 4. The molecule has 3 aromatic carbocycles. The molecule has 0 fully saturated rings. The second-order valence-electron chi connectivity index (χ2n) is 6.50. The van der Waals surface area contributed by atoms with E-state index < -0.39 is 23.4 Å². The number of nitrogens with one attached hydrogen (secondary N) is 2. The monoisotopic (exact) mass is 410 g/mol. The first-order valence-electron chi connectivity index (χ1n) is 9.03. The fraction of sp³-hybridized carbons (Fsp3) is 0.0909. The SMILES string of the molecule is O=C(Nc1ccccc1C(=O)NCc1ccc2c(c1)OCO2)c1ccc(F)c(F)c1. The van der Waals surface area contributed by atoms with Crippen LogP contribution in [0.5, 0.6) is 11.5 Å². The second-order valence-corrected chi connectivity index (χ2v) is 6.50. The third kappa shape index (κ3) is 4.07. The number of benzene rings is 3. The second kappa shape index (κ2) is 8.20. The van der Waals surface area contributed by atoms with E-state index in [1.807, 2.05) is 6.07 Å². The van der Waals surface area contributed by atoms with Crippen LogP contribution in [0.4, 0.5) is 14.5 Å². The normalized spacial score (nSPS) is 11.8. The van der Waals surface area contributed by atoms with Crippen molar-refractivity contribution in [2.24, 2.45) is 0 Å². The van der Waals surface area contributed by atoms with E-state index in [2.05, 4.69) is 10.6 Å². The first-order valence-corrected chi connectivity index (χ1v) is 9.03. The van der Waals surface area contributed by atoms with Crippen molar-refractivity contribution in [3.8, 4) is 11.5 Å². The molecule has 1 aliphatic rings. The number of carbonyl (C=O) groups is 2. The lowest BCUT2D eigenvalue weighted by Crippen LogP contribution is -2.25. The lowest BCUT2D eigenvalue weighted by atomic mass is 10.1. The van der Waals surface area contributed by atoms with Crippen LogP contribution in [-0.4, -0.2) is 18.6 Å². The lowest BCUT2D eigenvalue weighted by molar-refractivity contribution is 0.0951. The van der Waals surface area contributed by atoms with E-state index >= 15 is 0 Å². The van der Waals surface area contributed by atoms with Crippen LogP contribution in [0.2, 0.25) is 0 Å². The molecule has 2 amide bonds. The van der Waals surface area contributed by atoms with Crippen molar-refractivity contribution in [2.45, 2.75) is 6.54 Å². The third-order valence-corrected chi connectivity index (χ3v) is 4.49. The van der Waals surface area contributed by atoms with Gasteiger partial charge in [-0.15, -0.1) is 0 Å². The topological polar surface area (TPSA) is 76.7 Å². The molecule has 0 spiro atoms. The predicted molar refractivity (Wildman–Crippen MR) is 104 cm³/mol. The van der Waals surface area contributed by atoms with Crippen molar-refractivity contribution >= 4 is 17.5 Å². The van der Waals surface area contributed by atoms with Crippen LogP contribution in [0.3, 0.4) is 0 Å². The molecule has 1 heterocycles. The van der Waals surface area contributed by atoms with Gasteiger partial charge in [0.25, 0.3) is 11.8 Å². The minimum Gasteiger partial charge on any atom is -0.454 e. The van der Waals surface area contributed by atoms with Gasteiger partial charge in [-0.1, -0.05) is 18.2 Å². The average molecular weight is 410 g/mol. The van der Waals surface area contributed by atoms with Crippen LogP contribution in [0, 0.1) is 11.6 Å². The quantitative estimate of drug-likeness (QED) is 0.670. The summed E-state index contributed by atoms with van der Waals surface area (Å²) in [6, 6.07) is 14.6. The summed E-state index contributed by atoms with van der Waals surface area (Å²) < 4.78 is 37.1. The maximum Gasteiger partial charge on any atom is 0.255 e. The highest BCUT2D eigenvalue weighted by atomic mass is 19.2. The molecule has 0 saturated heterocycles. The van der Waals surface area contributed by atoms with Gasteiger partial charge in [-0.3, -0.25) is 9.59 Å². The maximum absolute atomic E-state index is 13.4. The van der Waals surface area contributed by atoms with E-state index in [0.29, 0.717) is 11.5 Å². The molecule has 4 rings (SSSR count). The van der Waals surface area contributed by atoms with Crippen molar-refractivity contribution in [1.29, 1.82) is 0 Å². The van der Waals surface area contributed by atoms with E-state index in [1.54, 1.807) is 36.4 Å². The van der Waals surface area contributed by atoms with Crippen LogP contribution < -0.4 is 20.1 Å². The number of amides is 2. The van der Waals surface area contributed by atoms with E-state index in [1.165, 1.54) is 0 Å². The number of halogens is 2. The Hall–Kier alpha value is -3.94. The highest BCUT2D eigenvalue weighted by Gasteiger charge is 2.17. The van der Waals surface area contributed by atoms with Crippen molar-refractivity contribution in [3.05, 3.63) is 89.0 Å². The van der Waals surface area contributed by atoms with Crippen LogP contribution in [0.1, 0.15) is 26.3 Å². The van der Waals surface area contributed by atoms with Crippen molar-refractivity contribution in [2.75, 3.05) is 12.1 Å². The standard InChI is InChI=1S/C22H16F2N2O4/c23-16-7-6-14(10-17(16)24)21(27)26-18-4-2-1-3-15(18)22(28)25-11-13-5-8-19-20(9-13)30-12-29-19/h1-10H,11-12H2,(H,25,28)(H,26,27). The van der Waals surface area contributed by atoms with E-state index in [0.717, 1.165) is 23.8 Å². The van der Waals surface area contributed by atoms with Gasteiger partial charge in [-0.25, -0.2) is 8.78 Å². The van der Waals surface area contributed by atoms with Gasteiger partial charge in [0.1, 0.15) is 0 Å². The minimum absolute atomic E-state index is 0.0653. The van der Waals surface area contributed by atoms with Crippen molar-refractivity contribution < 1.29 is 27.8 Å². The molecule has 0 saturated carbocycles. The van der Waals surface area contributed by atoms with Crippen molar-refractivity contribution in [1.82, 2.24) is 5.32 Å². The first-order chi connectivity index (χ1) is 14.5. The molecule has 0 aliphatic carbocycles. The number of fused-ring (bicyclic) bond motifs is 1. The summed E-state index contributed by atoms with van der Waals surface area (Å²) in [6.45, 7) is 0.400. The van der Waals surface area contributed by atoms with Crippen LogP contribution >= 0.6 is 0 Å². The Bertz CT molecular complexity index is 1130. The number of para-hydroxylation sites is 1. The van der Waals surface area contributed by atoms with Gasteiger partial charge in [0.2, 0.25) is 6.79 Å². The lowest BCUT2D eigenvalue weighted by Gasteiger charge is -2.12. The Kier molecular flexibility index (Phi) is 5.30. The largest absolute Gasteiger partial charge is 0.454 e. The van der Waals surface area contributed by atoms with Crippen LogP contribution in [0.25, 0.3) is 0 Å². The molecule has 6 nitrogen and oxygen atoms in total. The number of carbonyl (C=O) groups excluding carboxylic acids is 2. The highest BCUT2D eigenvalue weighted by molar-refractivity contribution is 6.09. The van der Waals surface area contributed by atoms with Crippen LogP contribution in [0.15, 0.2) is 60.7 Å². The molecule has 8 heteroatoms. The molecule has 0 unspecified atom stereocenters. The van der Waals surface area contributed by atoms with E-state index in [4.69, 9.17) is 9.47 Å². The average Bonchev–Trinajstić information content (AvgIpc) is 3.22. The van der Waals surface area contributed by atoms with Crippen molar-refractivity contribution in [3.63, 3.8) is 0 Å². The zero-order valence-electron chi connectivity index (χ0n) is 15.6. The number of rotatable bonds is 5. The Morgan fingerprint density at radius 2 is 1.67 bits per heavy atom. The van der Waals surface area contributed by atoms with Gasteiger partial charge in [0.15, 0.2) is 23.1 Å². The van der Waals surface area contributed by atoms with Gasteiger partial charge in [0.05, 0.1) is 11.3 Å². The Morgan fingerprint density at radius 1 is 0.867 bits per heavy atom. The Balaban J connectivity index is 1.46. The Labute approximate surface area is 170 Å². The van der Waals surface area contributed by atoms with Crippen LogP contribution in [-0.2, 0) is 6.54 Å². The smallest absolute Gasteiger partial charge is 0.255 e. The molecule has 30 heavy (non-hydrogen) atoms. The molecule has 0 atom stereocenters. The molecule has 1 aliphatic heterocycles. The summed E-state index contributed by atoms with van der Waals surface area (Å²) in [7, 11) is 0. The highest BCUT2D eigenvalue weighted by Crippen LogP contribution is 2.32. The summed E-state index contributed by atoms with van der Waals surface area (Å²) in [6.07, 6.45) is 0. The van der Waals surface area contributed by atoms with E-state index in [-0.39, 0.29) is 30.2 Å². The molecule has 0 aromatic heterocycles. The fourth-order valence-electron chi connectivity index (χ4n) is 2.95. The molecule has 0 bridgehead atoms. The van der Waals surface area contributed by atoms with Gasteiger partial charge in [-0.05, 0) is 48.0 Å². The molecule has 152 valence electrons. The van der Waals surface area contributed by atoms with Gasteiger partial charge >= 0.3 is 0 Å². The maximum atomic E-state index is 13.4. The number of anilines is 1. The molecular weight excluding hydrogens is 394 g/mol. The molecular formula is C22H16F2N2O4. The summed E-state index contributed by atoms with van der Waals surface area (Å²) in [5, 5.41) is 5.34. The summed E-state index contributed by atoms with van der Waals surface area (Å²) >= 11 is 0. The minimum atomic E-state index is -1.13. The summed E-state index contributed by atoms with van der Waals surface area (Å²) in [5.74, 6) is -1.98. The zero-order valence-corrected chi connectivity index (χ0v) is 15.6. The molecule has 2 N–H and O–H groups in total. The summed E-state index contributed by atoms with van der Waals surface area (Å²) in [5.41, 5.74) is 1.23. The third-order valence-electron chi connectivity index (χ3n) is 4.49. The molecule has 0 radical (unpaired) electrons. The van der Waals surface area contributed by atoms with Gasteiger partial charge in [-0.2, -0.15) is 0 Å². The predicted octanol–water partition coefficient (Wildman–Crippen LogP) is 3.88. The van der Waals surface area contributed by atoms with E-state index in [9.17, 15) is 18.4 Å². The fourth-order valence-corrected chi connectivity index (χ4v) is 2.95. The van der Waals surface area contributed by atoms with Gasteiger partial charge < -0.3 is 20.1 Å².